The first-order chi connectivity index (χ1) is 22.2. The minimum Gasteiger partial charge on any atom is -0.477 e. The normalized spacial score (nSPS) is 16.1. The maximum atomic E-state index is 13.5. The van der Waals surface area contributed by atoms with Gasteiger partial charge in [-0.15, -0.1) is 0 Å². The zero-order valence-corrected chi connectivity index (χ0v) is 26.4. The van der Waals surface area contributed by atoms with E-state index in [1.165, 1.54) is 17.8 Å². The van der Waals surface area contributed by atoms with E-state index in [9.17, 15) is 18.0 Å². The predicted octanol–water partition coefficient (Wildman–Crippen LogP) is 7.06. The molecule has 4 aromatic rings. The number of nitrogens with zero attached hydrogens (tertiary/aromatic N) is 3. The lowest BCUT2D eigenvalue weighted by Gasteiger charge is -2.36. The number of ether oxygens (including phenoxy) is 2. The van der Waals surface area contributed by atoms with E-state index in [0.717, 1.165) is 71.5 Å². The Bertz CT molecular complexity index is 1690. The molecule has 0 amide bonds. The molecule has 46 heavy (non-hydrogen) atoms. The third-order valence-electron chi connectivity index (χ3n) is 8.44. The Morgan fingerprint density at radius 3 is 2.24 bits per heavy atom. The summed E-state index contributed by atoms with van der Waals surface area (Å²) in [6, 6.07) is 23.4. The minimum absolute atomic E-state index is 0.269. The number of hydrogen-bond donors (Lipinski definition) is 1. The Hall–Kier alpha value is -3.93. The summed E-state index contributed by atoms with van der Waals surface area (Å²) in [6.45, 7) is 7.45. The number of nitrogens with two attached hydrogens (primary N) is 1. The van der Waals surface area contributed by atoms with E-state index >= 15 is 0 Å². The molecule has 0 spiro atoms. The largest absolute Gasteiger partial charge is 0.477 e. The molecule has 0 saturated carbocycles. The van der Waals surface area contributed by atoms with Gasteiger partial charge in [-0.1, -0.05) is 48.2 Å². The molecule has 0 aliphatic carbocycles. The molecule has 2 N–H and O–H groups in total. The molecular weight excluding hydrogens is 613 g/mol. The van der Waals surface area contributed by atoms with E-state index in [0.29, 0.717) is 30.2 Å². The molecule has 1 fully saturated rings. The fourth-order valence-electron chi connectivity index (χ4n) is 5.91. The number of esters is 1. The van der Waals surface area contributed by atoms with Gasteiger partial charge in [-0.25, -0.2) is 4.79 Å². The van der Waals surface area contributed by atoms with E-state index in [4.69, 9.17) is 15.2 Å². The molecule has 4 aromatic carbocycles. The smallest absolute Gasteiger partial charge is 0.416 e. The monoisotopic (exact) mass is 650 g/mol. The van der Waals surface area contributed by atoms with Gasteiger partial charge in [-0.2, -0.15) is 13.2 Å². The van der Waals surface area contributed by atoms with Crippen molar-refractivity contribution in [3.63, 3.8) is 0 Å². The number of fused-ring (bicyclic) bond motifs is 3. The number of hydrogen-bond acceptors (Lipinski definition) is 8. The highest BCUT2D eigenvalue weighted by Gasteiger charge is 2.33. The highest BCUT2D eigenvalue weighted by molar-refractivity contribution is 7.99. The second-order valence-corrected chi connectivity index (χ2v) is 12.7. The van der Waals surface area contributed by atoms with Crippen molar-refractivity contribution in [1.29, 1.82) is 0 Å². The number of piperazine rings is 1. The van der Waals surface area contributed by atoms with Crippen LogP contribution in [-0.2, 0) is 15.7 Å². The Labute approximate surface area is 271 Å². The second kappa shape index (κ2) is 13.8. The molecule has 7 nitrogen and oxygen atoms in total. The van der Waals surface area contributed by atoms with Crippen molar-refractivity contribution < 1.29 is 27.4 Å². The van der Waals surface area contributed by atoms with Gasteiger partial charge in [0.15, 0.2) is 6.10 Å². The van der Waals surface area contributed by atoms with Crippen molar-refractivity contribution in [2.45, 2.75) is 35.4 Å². The summed E-state index contributed by atoms with van der Waals surface area (Å²) in [5.41, 5.74) is 7.53. The maximum absolute atomic E-state index is 13.5. The fraction of sp³-hybridized carbons (Fsp3) is 0.343. The molecule has 0 aromatic heterocycles. The SMILES string of the molecule is CC(Oc1cc2ccccc2cc1N)C(=O)OCCN1CCN(CCCN2c3ccccc3Sc3ccc(C(F)(F)F)cc32)CC1. The summed E-state index contributed by atoms with van der Waals surface area (Å²) < 4.78 is 51.9. The zero-order chi connectivity index (χ0) is 32.3. The number of carbonyl (C=O) groups is 1. The lowest BCUT2D eigenvalue weighted by atomic mass is 10.1. The standard InChI is InChI=1S/C35H37F3N4O3S/c1-24(45-31-22-26-8-3-2-7-25(26)21-28(31)39)34(43)44-20-19-41-17-15-40(16-18-41)13-6-14-42-29-9-4-5-10-32(29)46-33-12-11-27(23-30(33)42)35(36,37)38/h2-5,7-12,21-24H,6,13-20,39H2,1H3. The van der Waals surface area contributed by atoms with Crippen molar-refractivity contribution in [2.75, 3.05) is 63.1 Å². The average Bonchev–Trinajstić information content (AvgIpc) is 3.04. The van der Waals surface area contributed by atoms with Crippen LogP contribution < -0.4 is 15.4 Å². The van der Waals surface area contributed by atoms with Crippen LogP contribution in [0.2, 0.25) is 0 Å². The molecule has 2 aliphatic rings. The van der Waals surface area contributed by atoms with E-state index in [2.05, 4.69) is 9.80 Å². The van der Waals surface area contributed by atoms with Crippen LogP contribution in [0.15, 0.2) is 88.7 Å². The van der Waals surface area contributed by atoms with Crippen LogP contribution in [0.1, 0.15) is 18.9 Å². The maximum Gasteiger partial charge on any atom is 0.416 e. The number of carbonyl (C=O) groups excluding carboxylic acids is 1. The first-order valence-electron chi connectivity index (χ1n) is 15.5. The van der Waals surface area contributed by atoms with Crippen molar-refractivity contribution >= 4 is 45.6 Å². The van der Waals surface area contributed by atoms with Gasteiger partial charge in [-0.3, -0.25) is 4.90 Å². The summed E-state index contributed by atoms with van der Waals surface area (Å²) in [5, 5.41) is 1.98. The van der Waals surface area contributed by atoms with Gasteiger partial charge in [-0.05, 0) is 73.1 Å². The van der Waals surface area contributed by atoms with Crippen LogP contribution >= 0.6 is 11.8 Å². The van der Waals surface area contributed by atoms with Gasteiger partial charge in [0.2, 0.25) is 0 Å². The molecule has 2 aliphatic heterocycles. The zero-order valence-electron chi connectivity index (χ0n) is 25.6. The number of para-hydroxylation sites is 1. The third kappa shape index (κ3) is 7.37. The molecule has 242 valence electrons. The highest BCUT2D eigenvalue weighted by atomic mass is 32.2. The van der Waals surface area contributed by atoms with E-state index in [-0.39, 0.29) is 6.61 Å². The summed E-state index contributed by atoms with van der Waals surface area (Å²) in [4.78, 5) is 21.2. The van der Waals surface area contributed by atoms with Crippen molar-refractivity contribution in [2.24, 2.45) is 0 Å². The first kappa shape index (κ1) is 32.0. The molecule has 6 rings (SSSR count). The molecule has 1 saturated heterocycles. The van der Waals surface area contributed by atoms with Crippen LogP contribution in [0, 0.1) is 0 Å². The summed E-state index contributed by atoms with van der Waals surface area (Å²) in [6.07, 6.45) is -4.37. The summed E-state index contributed by atoms with van der Waals surface area (Å²) >= 11 is 1.51. The molecular formula is C35H37F3N4O3S. The number of nitrogen functional groups attached to an aromatic ring is 1. The second-order valence-electron chi connectivity index (χ2n) is 11.6. The molecule has 0 radical (unpaired) electrons. The van der Waals surface area contributed by atoms with Crippen LogP contribution in [0.3, 0.4) is 0 Å². The quantitative estimate of drug-likeness (QED) is 0.145. The predicted molar refractivity (Wildman–Crippen MR) is 176 cm³/mol. The van der Waals surface area contributed by atoms with E-state index in [1.54, 1.807) is 13.0 Å². The molecule has 0 bridgehead atoms. The van der Waals surface area contributed by atoms with Crippen LogP contribution in [0.4, 0.5) is 30.2 Å². The number of rotatable bonds is 10. The summed E-state index contributed by atoms with van der Waals surface area (Å²) in [7, 11) is 0. The average molecular weight is 651 g/mol. The van der Waals surface area contributed by atoms with Crippen molar-refractivity contribution in [1.82, 2.24) is 9.80 Å². The van der Waals surface area contributed by atoms with Crippen molar-refractivity contribution in [3.05, 3.63) is 84.4 Å². The number of benzene rings is 4. The Morgan fingerprint density at radius 2 is 1.50 bits per heavy atom. The molecule has 2 heterocycles. The van der Waals surface area contributed by atoms with Gasteiger partial charge in [0.1, 0.15) is 12.4 Å². The van der Waals surface area contributed by atoms with E-state index in [1.807, 2.05) is 65.6 Å². The minimum atomic E-state index is -4.39. The van der Waals surface area contributed by atoms with Crippen LogP contribution in [-0.4, -0.2) is 74.3 Å². The number of anilines is 3. The van der Waals surface area contributed by atoms with Gasteiger partial charge in [0, 0.05) is 49.1 Å². The van der Waals surface area contributed by atoms with Crippen LogP contribution in [0.25, 0.3) is 10.8 Å². The van der Waals surface area contributed by atoms with Gasteiger partial charge >= 0.3 is 12.1 Å². The van der Waals surface area contributed by atoms with Gasteiger partial charge < -0.3 is 25.0 Å². The fourth-order valence-corrected chi connectivity index (χ4v) is 6.98. The Morgan fingerprint density at radius 1 is 0.848 bits per heavy atom. The lowest BCUT2D eigenvalue weighted by Crippen LogP contribution is -2.48. The molecule has 1 atom stereocenters. The third-order valence-corrected chi connectivity index (χ3v) is 9.57. The first-order valence-corrected chi connectivity index (χ1v) is 16.3. The Balaban J connectivity index is 0.946. The van der Waals surface area contributed by atoms with Gasteiger partial charge in [0.25, 0.3) is 0 Å². The summed E-state index contributed by atoms with van der Waals surface area (Å²) in [5.74, 6) is 0.0192. The lowest BCUT2D eigenvalue weighted by molar-refractivity contribution is -0.151. The number of halogens is 3. The molecule has 11 heteroatoms. The molecule has 1 unspecified atom stereocenters. The topological polar surface area (TPSA) is 71.3 Å². The van der Waals surface area contributed by atoms with Gasteiger partial charge in [0.05, 0.1) is 22.6 Å². The number of alkyl halides is 3. The van der Waals surface area contributed by atoms with E-state index < -0.39 is 23.8 Å². The highest BCUT2D eigenvalue weighted by Crippen LogP contribution is 2.49. The van der Waals surface area contributed by atoms with Crippen LogP contribution in [0.5, 0.6) is 5.75 Å². The van der Waals surface area contributed by atoms with Crippen molar-refractivity contribution in [3.8, 4) is 5.75 Å². The Kier molecular flexibility index (Phi) is 9.62.